The minimum Gasteiger partial charge on any atom is -0.371 e. The molecule has 0 saturated carbocycles. The third-order valence-electron chi connectivity index (χ3n) is 2.05. The second kappa shape index (κ2) is 3.17. The van der Waals surface area contributed by atoms with E-state index < -0.39 is 0 Å². The Labute approximate surface area is 72.3 Å². The Hall–Kier alpha value is -0.380. The standard InChI is InChI=1S/C9H14O3/c1-6(2)9(8-5-11-8)12-4-7-3-10-7/h7-9H,1,3-5H2,2H3. The fourth-order valence-corrected chi connectivity index (χ4v) is 1.17. The first-order chi connectivity index (χ1) is 5.77. The summed E-state index contributed by atoms with van der Waals surface area (Å²) in [5.41, 5.74) is 1.04. The van der Waals surface area contributed by atoms with Crippen molar-refractivity contribution in [2.45, 2.75) is 25.2 Å². The van der Waals surface area contributed by atoms with Gasteiger partial charge in [-0.3, -0.25) is 0 Å². The largest absolute Gasteiger partial charge is 0.371 e. The van der Waals surface area contributed by atoms with E-state index in [9.17, 15) is 0 Å². The molecule has 3 unspecified atom stereocenters. The maximum atomic E-state index is 5.60. The molecule has 0 aromatic carbocycles. The maximum absolute atomic E-state index is 5.60. The lowest BCUT2D eigenvalue weighted by molar-refractivity contribution is 0.0472. The Morgan fingerprint density at radius 3 is 2.67 bits per heavy atom. The van der Waals surface area contributed by atoms with Gasteiger partial charge in [0, 0.05) is 0 Å². The molecule has 2 rings (SSSR count). The maximum Gasteiger partial charge on any atom is 0.111 e. The first kappa shape index (κ1) is 8.23. The van der Waals surface area contributed by atoms with E-state index in [1.807, 2.05) is 6.92 Å². The van der Waals surface area contributed by atoms with Gasteiger partial charge in [0.05, 0.1) is 19.8 Å². The Balaban J connectivity index is 1.75. The zero-order valence-electron chi connectivity index (χ0n) is 7.29. The molecule has 0 radical (unpaired) electrons. The fraction of sp³-hybridized carbons (Fsp3) is 0.778. The topological polar surface area (TPSA) is 34.3 Å². The highest BCUT2D eigenvalue weighted by Gasteiger charge is 2.35. The Kier molecular flexibility index (Phi) is 2.17. The molecule has 0 spiro atoms. The molecule has 2 aliphatic rings. The molecule has 2 heterocycles. The molecule has 2 fully saturated rings. The van der Waals surface area contributed by atoms with Crippen LogP contribution >= 0.6 is 0 Å². The van der Waals surface area contributed by atoms with Crippen molar-refractivity contribution in [2.24, 2.45) is 0 Å². The van der Waals surface area contributed by atoms with E-state index in [0.29, 0.717) is 12.7 Å². The zero-order chi connectivity index (χ0) is 8.55. The third-order valence-corrected chi connectivity index (χ3v) is 2.05. The summed E-state index contributed by atoms with van der Waals surface area (Å²) in [7, 11) is 0. The van der Waals surface area contributed by atoms with Crippen LogP contribution in [0.15, 0.2) is 12.2 Å². The summed E-state index contributed by atoms with van der Waals surface area (Å²) in [5, 5.41) is 0. The Morgan fingerprint density at radius 1 is 1.58 bits per heavy atom. The van der Waals surface area contributed by atoms with Crippen molar-refractivity contribution in [1.29, 1.82) is 0 Å². The number of rotatable bonds is 5. The number of hydrogen-bond acceptors (Lipinski definition) is 3. The smallest absolute Gasteiger partial charge is 0.111 e. The lowest BCUT2D eigenvalue weighted by Gasteiger charge is -2.14. The van der Waals surface area contributed by atoms with Crippen molar-refractivity contribution in [3.8, 4) is 0 Å². The molecule has 3 heteroatoms. The van der Waals surface area contributed by atoms with Crippen LogP contribution in [0.1, 0.15) is 6.92 Å². The predicted octanol–water partition coefficient (Wildman–Crippen LogP) is 0.745. The molecule has 0 aromatic heterocycles. The molecule has 0 amide bonds. The molecule has 3 atom stereocenters. The van der Waals surface area contributed by atoms with Crippen molar-refractivity contribution in [3.63, 3.8) is 0 Å². The highest BCUT2D eigenvalue weighted by Crippen LogP contribution is 2.23. The highest BCUT2D eigenvalue weighted by molar-refractivity contribution is 5.05. The van der Waals surface area contributed by atoms with Crippen molar-refractivity contribution in [1.82, 2.24) is 0 Å². The molecule has 0 aliphatic carbocycles. The van der Waals surface area contributed by atoms with E-state index in [-0.39, 0.29) is 12.2 Å². The SMILES string of the molecule is C=C(C)C(OCC1CO1)C1CO1. The minimum absolute atomic E-state index is 0.0780. The molecule has 0 bridgehead atoms. The lowest BCUT2D eigenvalue weighted by Crippen LogP contribution is -2.23. The average molecular weight is 170 g/mol. The Bertz CT molecular complexity index is 182. The summed E-state index contributed by atoms with van der Waals surface area (Å²) >= 11 is 0. The normalized spacial score (nSPS) is 34.4. The van der Waals surface area contributed by atoms with Gasteiger partial charge in [0.2, 0.25) is 0 Å². The molecule has 0 aromatic rings. The second-order valence-corrected chi connectivity index (χ2v) is 3.43. The molecule has 2 aliphatic heterocycles. The van der Waals surface area contributed by atoms with E-state index in [0.717, 1.165) is 18.8 Å². The Morgan fingerprint density at radius 2 is 2.25 bits per heavy atom. The van der Waals surface area contributed by atoms with Gasteiger partial charge in [0.15, 0.2) is 0 Å². The van der Waals surface area contributed by atoms with E-state index in [1.54, 1.807) is 0 Å². The van der Waals surface area contributed by atoms with Gasteiger partial charge in [-0.1, -0.05) is 6.58 Å². The van der Waals surface area contributed by atoms with Gasteiger partial charge < -0.3 is 14.2 Å². The van der Waals surface area contributed by atoms with Crippen LogP contribution in [0.4, 0.5) is 0 Å². The van der Waals surface area contributed by atoms with Crippen LogP contribution < -0.4 is 0 Å². The van der Waals surface area contributed by atoms with Gasteiger partial charge in [-0.05, 0) is 12.5 Å². The minimum atomic E-state index is 0.0780. The molecular formula is C9H14O3. The first-order valence-corrected chi connectivity index (χ1v) is 4.27. The van der Waals surface area contributed by atoms with Gasteiger partial charge in [-0.15, -0.1) is 0 Å². The summed E-state index contributed by atoms with van der Waals surface area (Å²) in [6.45, 7) is 8.17. The van der Waals surface area contributed by atoms with Crippen LogP contribution in [0.5, 0.6) is 0 Å². The highest BCUT2D eigenvalue weighted by atomic mass is 16.6. The molecule has 3 nitrogen and oxygen atoms in total. The summed E-state index contributed by atoms with van der Waals surface area (Å²) in [4.78, 5) is 0. The predicted molar refractivity (Wildman–Crippen MR) is 44.0 cm³/mol. The third kappa shape index (κ3) is 2.06. The molecular weight excluding hydrogens is 156 g/mol. The van der Waals surface area contributed by atoms with E-state index in [1.165, 1.54) is 0 Å². The average Bonchev–Trinajstić information content (AvgIpc) is 2.82. The zero-order valence-corrected chi connectivity index (χ0v) is 7.29. The van der Waals surface area contributed by atoms with Gasteiger partial charge in [0.1, 0.15) is 18.3 Å². The molecule has 2 saturated heterocycles. The lowest BCUT2D eigenvalue weighted by atomic mass is 10.1. The van der Waals surface area contributed by atoms with Crippen LogP contribution in [0.25, 0.3) is 0 Å². The van der Waals surface area contributed by atoms with Gasteiger partial charge >= 0.3 is 0 Å². The number of hydrogen-bond donors (Lipinski definition) is 0. The molecule has 0 N–H and O–H groups in total. The van der Waals surface area contributed by atoms with Gasteiger partial charge in [0.25, 0.3) is 0 Å². The van der Waals surface area contributed by atoms with E-state index >= 15 is 0 Å². The van der Waals surface area contributed by atoms with Crippen LogP contribution in [0.2, 0.25) is 0 Å². The quantitative estimate of drug-likeness (QED) is 0.451. The van der Waals surface area contributed by atoms with Crippen LogP contribution in [0.3, 0.4) is 0 Å². The fourth-order valence-electron chi connectivity index (χ4n) is 1.17. The first-order valence-electron chi connectivity index (χ1n) is 4.27. The number of epoxide rings is 2. The van der Waals surface area contributed by atoms with Gasteiger partial charge in [-0.2, -0.15) is 0 Å². The van der Waals surface area contributed by atoms with Crippen molar-refractivity contribution in [3.05, 3.63) is 12.2 Å². The van der Waals surface area contributed by atoms with Crippen molar-refractivity contribution >= 4 is 0 Å². The molecule has 68 valence electrons. The van der Waals surface area contributed by atoms with Crippen LogP contribution in [0, 0.1) is 0 Å². The van der Waals surface area contributed by atoms with Gasteiger partial charge in [-0.25, -0.2) is 0 Å². The molecule has 12 heavy (non-hydrogen) atoms. The monoisotopic (exact) mass is 170 g/mol. The van der Waals surface area contributed by atoms with Crippen LogP contribution in [-0.4, -0.2) is 38.1 Å². The number of ether oxygens (including phenoxy) is 3. The van der Waals surface area contributed by atoms with Crippen LogP contribution in [-0.2, 0) is 14.2 Å². The summed E-state index contributed by atoms with van der Waals surface area (Å²) in [5.74, 6) is 0. The second-order valence-electron chi connectivity index (χ2n) is 3.43. The van der Waals surface area contributed by atoms with Crippen molar-refractivity contribution < 1.29 is 14.2 Å². The van der Waals surface area contributed by atoms with E-state index in [2.05, 4.69) is 6.58 Å². The summed E-state index contributed by atoms with van der Waals surface area (Å²) < 4.78 is 15.8. The van der Waals surface area contributed by atoms with E-state index in [4.69, 9.17) is 14.2 Å². The van der Waals surface area contributed by atoms with Crippen molar-refractivity contribution in [2.75, 3.05) is 19.8 Å². The summed E-state index contributed by atoms with van der Waals surface area (Å²) in [6, 6.07) is 0. The summed E-state index contributed by atoms with van der Waals surface area (Å²) in [6.07, 6.45) is 0.654.